The molecule has 0 aliphatic rings. The lowest BCUT2D eigenvalue weighted by Gasteiger charge is -2.20. The Hall–Kier alpha value is -1.84. The molecular weight excluding hydrogens is 727 g/mol. The van der Waals surface area contributed by atoms with E-state index >= 15 is 0 Å². The van der Waals surface area contributed by atoms with E-state index in [1.54, 1.807) is 0 Å². The highest BCUT2D eigenvalue weighted by Gasteiger charge is 2.26. The number of allylic oxidation sites excluding steroid dienone is 10. The van der Waals surface area contributed by atoms with Crippen LogP contribution in [0.2, 0.25) is 0 Å². The fraction of sp³-hybridized carbons (Fsp3) is 0.761. The Morgan fingerprint density at radius 2 is 1.02 bits per heavy atom. The fourth-order valence-electron chi connectivity index (χ4n) is 5.85. The van der Waals surface area contributed by atoms with Gasteiger partial charge in [0, 0.05) is 13.0 Å². The molecule has 56 heavy (non-hydrogen) atoms. The van der Waals surface area contributed by atoms with Crippen molar-refractivity contribution < 1.29 is 43.0 Å². The van der Waals surface area contributed by atoms with E-state index in [0.29, 0.717) is 6.61 Å². The second-order valence-electron chi connectivity index (χ2n) is 14.7. The van der Waals surface area contributed by atoms with E-state index in [1.807, 2.05) is 0 Å². The van der Waals surface area contributed by atoms with E-state index in [2.05, 4.69) is 74.6 Å². The molecule has 9 nitrogen and oxygen atoms in total. The van der Waals surface area contributed by atoms with Crippen LogP contribution in [0.4, 0.5) is 0 Å². The molecule has 0 saturated carbocycles. The molecule has 3 N–H and O–H groups in total. The van der Waals surface area contributed by atoms with Crippen LogP contribution in [0.25, 0.3) is 0 Å². The topological polar surface area (TPSA) is 132 Å². The Bertz CT molecular complexity index is 1060. The average Bonchev–Trinajstić information content (AvgIpc) is 3.19. The van der Waals surface area contributed by atoms with Crippen LogP contribution in [0.1, 0.15) is 181 Å². The number of carbonyl (C=O) groups excluding carboxylic acids is 1. The first kappa shape index (κ1) is 54.2. The van der Waals surface area contributed by atoms with Gasteiger partial charge >= 0.3 is 13.8 Å². The minimum Gasteiger partial charge on any atom is -0.457 e. The molecule has 0 saturated heterocycles. The lowest BCUT2D eigenvalue weighted by Crippen LogP contribution is -2.29. The van der Waals surface area contributed by atoms with Crippen molar-refractivity contribution in [3.05, 3.63) is 60.8 Å². The van der Waals surface area contributed by atoms with Crippen LogP contribution in [-0.2, 0) is 27.9 Å². The van der Waals surface area contributed by atoms with Crippen molar-refractivity contribution in [2.24, 2.45) is 0 Å². The minimum atomic E-state index is -4.52. The van der Waals surface area contributed by atoms with Crippen LogP contribution in [0.5, 0.6) is 0 Å². The molecule has 0 radical (unpaired) electrons. The maximum absolute atomic E-state index is 12.6. The van der Waals surface area contributed by atoms with Gasteiger partial charge in [-0.1, -0.05) is 177 Å². The standard InChI is InChI=1S/C46H83O9P/c1-3-5-7-9-11-13-15-16-17-18-19-20-21-22-23-24-25-26-27-29-31-33-35-37-39-52-42-45(43-54-56(50,51)53-41-44(48)40-47)55-46(49)38-36-34-32-30-28-14-12-10-8-6-4-2/h5,7,11,13,16-17,19-20,22-23,44-45,47-48H,3-4,6,8-10,12,14-15,18,21,24-43H2,1-2H3,(H,50,51)/b7-5-,13-11-,17-16-,20-19-,23-22-. The summed E-state index contributed by atoms with van der Waals surface area (Å²) in [5.41, 5.74) is 0. The number of carbonyl (C=O) groups is 1. The molecule has 0 rings (SSSR count). The van der Waals surface area contributed by atoms with Gasteiger partial charge in [-0.05, 0) is 57.8 Å². The van der Waals surface area contributed by atoms with Gasteiger partial charge in [-0.2, -0.15) is 0 Å². The summed E-state index contributed by atoms with van der Waals surface area (Å²) in [5, 5.41) is 18.3. The molecule has 0 spiro atoms. The normalized spacial score (nSPS) is 14.6. The van der Waals surface area contributed by atoms with E-state index in [4.69, 9.17) is 23.6 Å². The fourth-order valence-corrected chi connectivity index (χ4v) is 6.64. The van der Waals surface area contributed by atoms with Crippen LogP contribution in [-0.4, -0.2) is 66.3 Å². The molecule has 0 aromatic rings. The van der Waals surface area contributed by atoms with E-state index in [-0.39, 0.29) is 25.6 Å². The number of rotatable bonds is 42. The molecule has 326 valence electrons. The number of ether oxygens (including phenoxy) is 2. The SMILES string of the molecule is CC/C=C\C/C=C\C/C=C\C/C=C\C/C=C\CCCCCCCCCCOCC(COP(=O)(O)OCC(O)CO)OC(=O)CCCCCCCCCCCCC. The largest absolute Gasteiger partial charge is 0.472 e. The summed E-state index contributed by atoms with van der Waals surface area (Å²) >= 11 is 0. The predicted octanol–water partition coefficient (Wildman–Crippen LogP) is 12.4. The van der Waals surface area contributed by atoms with Gasteiger partial charge in [-0.3, -0.25) is 13.8 Å². The van der Waals surface area contributed by atoms with Crippen LogP contribution in [0, 0.1) is 0 Å². The summed E-state index contributed by atoms with van der Waals surface area (Å²) in [5.74, 6) is -0.389. The number of esters is 1. The number of phosphoric ester groups is 1. The van der Waals surface area contributed by atoms with E-state index < -0.39 is 33.2 Å². The first-order valence-electron chi connectivity index (χ1n) is 22.3. The molecule has 3 atom stereocenters. The lowest BCUT2D eigenvalue weighted by molar-refractivity contribution is -0.154. The van der Waals surface area contributed by atoms with Crippen molar-refractivity contribution in [3.8, 4) is 0 Å². The summed E-state index contributed by atoms with van der Waals surface area (Å²) in [6, 6.07) is 0. The number of unbranched alkanes of at least 4 members (excludes halogenated alkanes) is 18. The van der Waals surface area contributed by atoms with Gasteiger partial charge in [0.25, 0.3) is 0 Å². The zero-order valence-corrected chi connectivity index (χ0v) is 36.5. The van der Waals surface area contributed by atoms with Crippen LogP contribution >= 0.6 is 7.82 Å². The number of aliphatic hydroxyl groups is 2. The monoisotopic (exact) mass is 811 g/mol. The molecule has 0 aliphatic carbocycles. The second-order valence-corrected chi connectivity index (χ2v) is 16.1. The maximum Gasteiger partial charge on any atom is 0.472 e. The van der Waals surface area contributed by atoms with Crippen molar-refractivity contribution in [1.29, 1.82) is 0 Å². The molecule has 0 bridgehead atoms. The summed E-state index contributed by atoms with van der Waals surface area (Å²) in [6.07, 6.45) is 49.0. The number of phosphoric acid groups is 1. The van der Waals surface area contributed by atoms with E-state index in [1.165, 1.54) is 83.5 Å². The zero-order chi connectivity index (χ0) is 41.1. The van der Waals surface area contributed by atoms with Gasteiger partial charge < -0.3 is 24.6 Å². The second kappa shape index (κ2) is 42.8. The third-order valence-corrected chi connectivity index (χ3v) is 10.2. The van der Waals surface area contributed by atoms with Gasteiger partial charge in [-0.15, -0.1) is 0 Å². The lowest BCUT2D eigenvalue weighted by atomic mass is 10.1. The molecule has 0 heterocycles. The number of aliphatic hydroxyl groups excluding tert-OH is 2. The molecule has 10 heteroatoms. The highest BCUT2D eigenvalue weighted by Crippen LogP contribution is 2.43. The average molecular weight is 811 g/mol. The third kappa shape index (κ3) is 41.8. The zero-order valence-electron chi connectivity index (χ0n) is 35.6. The highest BCUT2D eigenvalue weighted by molar-refractivity contribution is 7.47. The minimum absolute atomic E-state index is 0.0428. The Kier molecular flexibility index (Phi) is 41.4. The molecular formula is C46H83O9P. The van der Waals surface area contributed by atoms with E-state index in [0.717, 1.165) is 77.0 Å². The first-order valence-corrected chi connectivity index (χ1v) is 23.8. The van der Waals surface area contributed by atoms with Crippen molar-refractivity contribution in [2.45, 2.75) is 193 Å². The molecule has 0 amide bonds. The Balaban J connectivity index is 4.10. The quantitative estimate of drug-likeness (QED) is 0.0239. The molecule has 3 unspecified atom stereocenters. The summed E-state index contributed by atoms with van der Waals surface area (Å²) < 4.78 is 33.3. The summed E-state index contributed by atoms with van der Waals surface area (Å²) in [4.78, 5) is 22.5. The van der Waals surface area contributed by atoms with Crippen LogP contribution in [0.3, 0.4) is 0 Å². The van der Waals surface area contributed by atoms with Crippen molar-refractivity contribution in [3.63, 3.8) is 0 Å². The van der Waals surface area contributed by atoms with Gasteiger partial charge in [0.05, 0.1) is 26.4 Å². The maximum atomic E-state index is 12.6. The number of hydrogen-bond acceptors (Lipinski definition) is 8. The Morgan fingerprint density at radius 3 is 1.54 bits per heavy atom. The van der Waals surface area contributed by atoms with Crippen molar-refractivity contribution in [1.82, 2.24) is 0 Å². The molecule has 0 aliphatic heterocycles. The first-order chi connectivity index (χ1) is 27.3. The van der Waals surface area contributed by atoms with Gasteiger partial charge in [-0.25, -0.2) is 4.57 Å². The summed E-state index contributed by atoms with van der Waals surface area (Å²) in [7, 11) is -4.52. The van der Waals surface area contributed by atoms with Crippen molar-refractivity contribution >= 4 is 13.8 Å². The molecule has 0 fully saturated rings. The molecule has 0 aromatic carbocycles. The van der Waals surface area contributed by atoms with Crippen LogP contribution < -0.4 is 0 Å². The van der Waals surface area contributed by atoms with Crippen LogP contribution in [0.15, 0.2) is 60.8 Å². The van der Waals surface area contributed by atoms with E-state index in [9.17, 15) is 19.4 Å². The number of hydrogen-bond donors (Lipinski definition) is 3. The smallest absolute Gasteiger partial charge is 0.457 e. The highest BCUT2D eigenvalue weighted by atomic mass is 31.2. The Labute approximate surface area is 342 Å². The van der Waals surface area contributed by atoms with Gasteiger partial charge in [0.2, 0.25) is 0 Å². The third-order valence-electron chi connectivity index (χ3n) is 9.22. The van der Waals surface area contributed by atoms with Gasteiger partial charge in [0.1, 0.15) is 12.2 Å². The summed E-state index contributed by atoms with van der Waals surface area (Å²) in [6.45, 7) is 3.37. The van der Waals surface area contributed by atoms with Gasteiger partial charge in [0.15, 0.2) is 0 Å². The predicted molar refractivity (Wildman–Crippen MR) is 233 cm³/mol. The van der Waals surface area contributed by atoms with Crippen molar-refractivity contribution in [2.75, 3.05) is 33.0 Å². The Morgan fingerprint density at radius 1 is 0.571 bits per heavy atom. The molecule has 0 aromatic heterocycles.